The summed E-state index contributed by atoms with van der Waals surface area (Å²) in [7, 11) is 0. The smallest absolute Gasteiger partial charge is 0.00672 e. The van der Waals surface area contributed by atoms with Crippen molar-refractivity contribution in [2.24, 2.45) is 11.8 Å². The van der Waals surface area contributed by atoms with Gasteiger partial charge in [0.25, 0.3) is 0 Å². The molecule has 9 heavy (non-hydrogen) atoms. The molecule has 3 unspecified atom stereocenters. The molecule has 1 aliphatic heterocycles. The molecule has 0 spiro atoms. The normalized spacial score (nSPS) is 45.0. The highest BCUT2D eigenvalue weighted by Gasteiger charge is 2.20. The second kappa shape index (κ2) is 2.70. The lowest BCUT2D eigenvalue weighted by Crippen LogP contribution is -2.41. The highest BCUT2D eigenvalue weighted by Crippen LogP contribution is 2.18. The Hall–Kier alpha value is -0.0400. The molecule has 53 valence electrons. The van der Waals surface area contributed by atoms with Gasteiger partial charge in [0.1, 0.15) is 0 Å². The van der Waals surface area contributed by atoms with Gasteiger partial charge in [0.2, 0.25) is 0 Å². The number of piperidine rings is 1. The van der Waals surface area contributed by atoms with Crippen molar-refractivity contribution >= 4 is 0 Å². The van der Waals surface area contributed by atoms with Crippen LogP contribution in [0.2, 0.25) is 0 Å². The van der Waals surface area contributed by atoms with Crippen molar-refractivity contribution in [2.45, 2.75) is 26.3 Å². The molecule has 1 fully saturated rings. The largest absolute Gasteiger partial charge is 0.314 e. The van der Waals surface area contributed by atoms with Crippen molar-refractivity contribution in [3.63, 3.8) is 0 Å². The SMILES string of the molecule is [CH2]C1CC(C)CNC1C. The zero-order chi connectivity index (χ0) is 6.85. The van der Waals surface area contributed by atoms with Crippen LogP contribution in [0.3, 0.4) is 0 Å². The van der Waals surface area contributed by atoms with E-state index in [1.807, 2.05) is 0 Å². The van der Waals surface area contributed by atoms with Crippen LogP contribution >= 0.6 is 0 Å². The number of hydrogen-bond acceptors (Lipinski definition) is 1. The van der Waals surface area contributed by atoms with E-state index in [1.165, 1.54) is 13.0 Å². The maximum absolute atomic E-state index is 4.07. The highest BCUT2D eigenvalue weighted by atomic mass is 14.9. The van der Waals surface area contributed by atoms with E-state index >= 15 is 0 Å². The second-order valence-electron chi connectivity index (χ2n) is 3.30. The Bertz CT molecular complexity index is 90.6. The molecule has 1 heterocycles. The molecule has 0 aliphatic carbocycles. The molecule has 0 amide bonds. The van der Waals surface area contributed by atoms with Gasteiger partial charge in [-0.15, -0.1) is 0 Å². The predicted molar refractivity (Wildman–Crippen MR) is 40.1 cm³/mol. The van der Waals surface area contributed by atoms with Crippen molar-refractivity contribution in [3.8, 4) is 0 Å². The van der Waals surface area contributed by atoms with Crippen molar-refractivity contribution < 1.29 is 0 Å². The van der Waals surface area contributed by atoms with E-state index in [4.69, 9.17) is 0 Å². The second-order valence-corrected chi connectivity index (χ2v) is 3.30. The summed E-state index contributed by atoms with van der Waals surface area (Å²) >= 11 is 0. The average molecular weight is 126 g/mol. The first-order valence-electron chi connectivity index (χ1n) is 3.76. The van der Waals surface area contributed by atoms with E-state index in [2.05, 4.69) is 26.1 Å². The quantitative estimate of drug-likeness (QED) is 0.518. The number of hydrogen-bond donors (Lipinski definition) is 1. The zero-order valence-electron chi connectivity index (χ0n) is 6.35. The molecule has 0 bridgehead atoms. The van der Waals surface area contributed by atoms with Gasteiger partial charge in [-0.25, -0.2) is 0 Å². The maximum Gasteiger partial charge on any atom is 0.00672 e. The van der Waals surface area contributed by atoms with Crippen LogP contribution in [0, 0.1) is 18.8 Å². The molecular weight excluding hydrogens is 110 g/mol. The summed E-state index contributed by atoms with van der Waals surface area (Å²) in [6.07, 6.45) is 1.29. The third kappa shape index (κ3) is 1.68. The average Bonchev–Trinajstić information content (AvgIpc) is 1.80. The van der Waals surface area contributed by atoms with Crippen molar-refractivity contribution in [2.75, 3.05) is 6.54 Å². The summed E-state index contributed by atoms with van der Waals surface area (Å²) < 4.78 is 0. The summed E-state index contributed by atoms with van der Waals surface area (Å²) in [5.74, 6) is 1.44. The van der Waals surface area contributed by atoms with Gasteiger partial charge in [-0.1, -0.05) is 6.92 Å². The Morgan fingerprint density at radius 2 is 2.11 bits per heavy atom. The molecule has 1 N–H and O–H groups in total. The fraction of sp³-hybridized carbons (Fsp3) is 0.875. The Labute approximate surface area is 57.8 Å². The van der Waals surface area contributed by atoms with Crippen LogP contribution in [0.15, 0.2) is 0 Å². The Morgan fingerprint density at radius 3 is 2.56 bits per heavy atom. The van der Waals surface area contributed by atoms with Gasteiger partial charge in [0.15, 0.2) is 0 Å². The molecule has 0 saturated carbocycles. The minimum atomic E-state index is 0.619. The first kappa shape index (κ1) is 7.07. The van der Waals surface area contributed by atoms with E-state index in [1.54, 1.807) is 0 Å². The molecule has 3 atom stereocenters. The topological polar surface area (TPSA) is 12.0 Å². The summed E-state index contributed by atoms with van der Waals surface area (Å²) in [6.45, 7) is 9.73. The van der Waals surface area contributed by atoms with Crippen LogP contribution < -0.4 is 5.32 Å². The zero-order valence-corrected chi connectivity index (χ0v) is 6.35. The van der Waals surface area contributed by atoms with Gasteiger partial charge < -0.3 is 5.32 Å². The Kier molecular flexibility index (Phi) is 2.12. The monoisotopic (exact) mass is 126 g/mol. The molecule has 0 aromatic carbocycles. The standard InChI is InChI=1S/C8H16N/c1-6-4-7(2)8(3)9-5-6/h6-9H,2,4-5H2,1,3H3. The van der Waals surface area contributed by atoms with Gasteiger partial charge in [-0.2, -0.15) is 0 Å². The van der Waals surface area contributed by atoms with Crippen LogP contribution in [-0.4, -0.2) is 12.6 Å². The third-order valence-electron chi connectivity index (χ3n) is 2.20. The lowest BCUT2D eigenvalue weighted by molar-refractivity contribution is 0.279. The molecule has 0 aromatic heterocycles. The molecule has 1 radical (unpaired) electrons. The van der Waals surface area contributed by atoms with Crippen molar-refractivity contribution in [1.29, 1.82) is 0 Å². The minimum Gasteiger partial charge on any atom is -0.314 e. The van der Waals surface area contributed by atoms with Crippen LogP contribution in [-0.2, 0) is 0 Å². The van der Waals surface area contributed by atoms with Gasteiger partial charge in [0.05, 0.1) is 0 Å². The third-order valence-corrected chi connectivity index (χ3v) is 2.20. The lowest BCUT2D eigenvalue weighted by Gasteiger charge is -2.31. The maximum atomic E-state index is 4.07. The highest BCUT2D eigenvalue weighted by molar-refractivity contribution is 4.81. The van der Waals surface area contributed by atoms with Gasteiger partial charge in [-0.05, 0) is 38.6 Å². The van der Waals surface area contributed by atoms with Crippen LogP contribution in [0.1, 0.15) is 20.3 Å². The van der Waals surface area contributed by atoms with Crippen LogP contribution in [0.5, 0.6) is 0 Å². The van der Waals surface area contributed by atoms with Gasteiger partial charge >= 0.3 is 0 Å². The molecule has 1 heteroatoms. The van der Waals surface area contributed by atoms with E-state index in [0.29, 0.717) is 12.0 Å². The van der Waals surface area contributed by atoms with E-state index in [-0.39, 0.29) is 0 Å². The summed E-state index contributed by atoms with van der Waals surface area (Å²) in [4.78, 5) is 0. The summed E-state index contributed by atoms with van der Waals surface area (Å²) in [5, 5.41) is 3.42. The molecule has 1 saturated heterocycles. The molecular formula is C8H16N. The first-order chi connectivity index (χ1) is 4.20. The lowest BCUT2D eigenvalue weighted by atomic mass is 9.88. The fourth-order valence-corrected chi connectivity index (χ4v) is 1.36. The summed E-state index contributed by atoms with van der Waals surface area (Å²) in [5.41, 5.74) is 0. The van der Waals surface area contributed by atoms with E-state index in [0.717, 1.165) is 5.92 Å². The van der Waals surface area contributed by atoms with Crippen LogP contribution in [0.25, 0.3) is 0 Å². The molecule has 0 aromatic rings. The number of nitrogens with one attached hydrogen (secondary N) is 1. The van der Waals surface area contributed by atoms with Crippen molar-refractivity contribution in [1.82, 2.24) is 5.32 Å². The first-order valence-corrected chi connectivity index (χ1v) is 3.76. The van der Waals surface area contributed by atoms with Crippen LogP contribution in [0.4, 0.5) is 0 Å². The summed E-state index contributed by atoms with van der Waals surface area (Å²) in [6, 6.07) is 0.626. The van der Waals surface area contributed by atoms with E-state index in [9.17, 15) is 0 Å². The molecule has 1 aliphatic rings. The Morgan fingerprint density at radius 1 is 1.44 bits per heavy atom. The van der Waals surface area contributed by atoms with Gasteiger partial charge in [-0.3, -0.25) is 0 Å². The predicted octanol–water partition coefficient (Wildman–Crippen LogP) is 1.45. The van der Waals surface area contributed by atoms with Gasteiger partial charge in [0, 0.05) is 6.04 Å². The van der Waals surface area contributed by atoms with E-state index < -0.39 is 0 Å². The minimum absolute atomic E-state index is 0.619. The Balaban J connectivity index is 2.35. The molecule has 1 nitrogen and oxygen atoms in total. The fourth-order valence-electron chi connectivity index (χ4n) is 1.36. The molecule has 1 rings (SSSR count). The van der Waals surface area contributed by atoms with Crippen molar-refractivity contribution in [3.05, 3.63) is 6.92 Å². The number of rotatable bonds is 0.